The molecule has 2 atom stereocenters. The van der Waals surface area contributed by atoms with Gasteiger partial charge in [0.15, 0.2) is 0 Å². The average Bonchev–Trinajstić information content (AvgIpc) is 3.20. The normalized spacial score (nSPS) is 18.6. The maximum atomic E-state index is 5.76. The minimum Gasteiger partial charge on any atom is -0.379 e. The molecule has 1 fully saturated rings. The summed E-state index contributed by atoms with van der Waals surface area (Å²) in [5.74, 6) is 0.741. The Bertz CT molecular complexity index is 356. The summed E-state index contributed by atoms with van der Waals surface area (Å²) in [4.78, 5) is 0. The van der Waals surface area contributed by atoms with Gasteiger partial charge in [0.2, 0.25) is 0 Å². The zero-order valence-corrected chi connectivity index (χ0v) is 11.8. The van der Waals surface area contributed by atoms with Crippen LogP contribution in [-0.2, 0) is 4.74 Å². The lowest BCUT2D eigenvalue weighted by Crippen LogP contribution is -2.35. The van der Waals surface area contributed by atoms with Crippen molar-refractivity contribution in [3.8, 4) is 0 Å². The fourth-order valence-corrected chi connectivity index (χ4v) is 2.52. The highest BCUT2D eigenvalue weighted by atomic mass is 16.5. The number of hydrogen-bond donors (Lipinski definition) is 1. The fraction of sp³-hybridized carbons (Fsp3) is 0.625. The molecule has 1 aliphatic carbocycles. The standard InChI is InChI=1S/C16H25NO/c1-4-11-17-15(16(18-3)14-9-10-14)13-7-5-12(2)6-8-13/h5-8,14-17H,4,9-11H2,1-3H3. The molecule has 1 aromatic carbocycles. The smallest absolute Gasteiger partial charge is 0.0794 e. The van der Waals surface area contributed by atoms with Crippen LogP contribution >= 0.6 is 0 Å². The van der Waals surface area contributed by atoms with Crippen molar-refractivity contribution in [2.45, 2.75) is 45.3 Å². The van der Waals surface area contributed by atoms with Gasteiger partial charge in [-0.2, -0.15) is 0 Å². The molecule has 1 aromatic rings. The summed E-state index contributed by atoms with van der Waals surface area (Å²) in [6.45, 7) is 5.39. The third kappa shape index (κ3) is 3.33. The summed E-state index contributed by atoms with van der Waals surface area (Å²) in [7, 11) is 1.85. The van der Waals surface area contributed by atoms with E-state index in [1.807, 2.05) is 7.11 Å². The zero-order chi connectivity index (χ0) is 13.0. The van der Waals surface area contributed by atoms with E-state index in [2.05, 4.69) is 43.4 Å². The SMILES string of the molecule is CCCNC(c1ccc(C)cc1)C(OC)C1CC1. The van der Waals surface area contributed by atoms with E-state index >= 15 is 0 Å². The summed E-state index contributed by atoms with van der Waals surface area (Å²) >= 11 is 0. The predicted molar refractivity (Wildman–Crippen MR) is 75.7 cm³/mol. The first-order chi connectivity index (χ1) is 8.76. The second kappa shape index (κ2) is 6.35. The molecular weight excluding hydrogens is 222 g/mol. The molecule has 0 spiro atoms. The highest BCUT2D eigenvalue weighted by Gasteiger charge is 2.37. The number of nitrogens with one attached hydrogen (secondary N) is 1. The van der Waals surface area contributed by atoms with Crippen LogP contribution in [0.15, 0.2) is 24.3 Å². The van der Waals surface area contributed by atoms with Crippen LogP contribution < -0.4 is 5.32 Å². The number of aryl methyl sites for hydroxylation is 1. The molecule has 0 bridgehead atoms. The van der Waals surface area contributed by atoms with E-state index in [4.69, 9.17) is 4.74 Å². The summed E-state index contributed by atoms with van der Waals surface area (Å²) < 4.78 is 5.76. The van der Waals surface area contributed by atoms with E-state index in [9.17, 15) is 0 Å². The van der Waals surface area contributed by atoms with Crippen LogP contribution in [0, 0.1) is 12.8 Å². The monoisotopic (exact) mass is 247 g/mol. The minimum absolute atomic E-state index is 0.319. The van der Waals surface area contributed by atoms with Gasteiger partial charge in [0.1, 0.15) is 0 Å². The predicted octanol–water partition coefficient (Wildman–Crippen LogP) is 3.46. The van der Waals surface area contributed by atoms with Crippen LogP contribution in [0.2, 0.25) is 0 Å². The topological polar surface area (TPSA) is 21.3 Å². The quantitative estimate of drug-likeness (QED) is 0.796. The Labute approximate surface area is 111 Å². The third-order valence-electron chi connectivity index (χ3n) is 3.74. The van der Waals surface area contributed by atoms with Crippen LogP contribution in [-0.4, -0.2) is 19.8 Å². The number of benzene rings is 1. The van der Waals surface area contributed by atoms with Crippen molar-refractivity contribution in [1.82, 2.24) is 5.32 Å². The Hall–Kier alpha value is -0.860. The summed E-state index contributed by atoms with van der Waals surface area (Å²) in [6.07, 6.45) is 4.10. The van der Waals surface area contributed by atoms with Gasteiger partial charge in [-0.1, -0.05) is 36.8 Å². The summed E-state index contributed by atoms with van der Waals surface area (Å²) in [5, 5.41) is 3.65. The highest BCUT2D eigenvalue weighted by molar-refractivity contribution is 5.25. The minimum atomic E-state index is 0.319. The van der Waals surface area contributed by atoms with Gasteiger partial charge in [0.05, 0.1) is 12.1 Å². The molecule has 1 N–H and O–H groups in total. The number of hydrogen-bond acceptors (Lipinski definition) is 2. The van der Waals surface area contributed by atoms with Gasteiger partial charge in [-0.25, -0.2) is 0 Å². The zero-order valence-electron chi connectivity index (χ0n) is 11.8. The molecule has 0 radical (unpaired) electrons. The molecule has 0 aromatic heterocycles. The molecule has 0 saturated heterocycles. The largest absolute Gasteiger partial charge is 0.379 e. The third-order valence-corrected chi connectivity index (χ3v) is 3.74. The van der Waals surface area contributed by atoms with Gasteiger partial charge in [0, 0.05) is 7.11 Å². The first kappa shape index (κ1) is 13.6. The average molecular weight is 247 g/mol. The van der Waals surface area contributed by atoms with E-state index in [1.165, 1.54) is 24.0 Å². The van der Waals surface area contributed by atoms with Crippen molar-refractivity contribution in [2.24, 2.45) is 5.92 Å². The molecule has 2 nitrogen and oxygen atoms in total. The van der Waals surface area contributed by atoms with Crippen molar-refractivity contribution in [1.29, 1.82) is 0 Å². The Morgan fingerprint density at radius 1 is 1.28 bits per heavy atom. The van der Waals surface area contributed by atoms with Gasteiger partial charge in [0.25, 0.3) is 0 Å². The van der Waals surface area contributed by atoms with Crippen molar-refractivity contribution < 1.29 is 4.74 Å². The van der Waals surface area contributed by atoms with E-state index < -0.39 is 0 Å². The first-order valence-electron chi connectivity index (χ1n) is 7.09. The van der Waals surface area contributed by atoms with E-state index in [0.717, 1.165) is 18.9 Å². The van der Waals surface area contributed by atoms with Gasteiger partial charge in [-0.05, 0) is 44.2 Å². The lowest BCUT2D eigenvalue weighted by Gasteiger charge is -2.27. The number of rotatable bonds is 7. The van der Waals surface area contributed by atoms with Crippen LogP contribution in [0.3, 0.4) is 0 Å². The van der Waals surface area contributed by atoms with Gasteiger partial charge >= 0.3 is 0 Å². The first-order valence-corrected chi connectivity index (χ1v) is 7.09. The van der Waals surface area contributed by atoms with Gasteiger partial charge in [-0.3, -0.25) is 0 Å². The van der Waals surface area contributed by atoms with Crippen molar-refractivity contribution in [3.63, 3.8) is 0 Å². The molecule has 1 saturated carbocycles. The van der Waals surface area contributed by atoms with Crippen molar-refractivity contribution in [3.05, 3.63) is 35.4 Å². The molecule has 18 heavy (non-hydrogen) atoms. The van der Waals surface area contributed by atoms with Gasteiger partial charge in [-0.15, -0.1) is 0 Å². The summed E-state index contributed by atoms with van der Waals surface area (Å²) in [6, 6.07) is 9.18. The Balaban J connectivity index is 2.14. The molecule has 1 aliphatic rings. The molecule has 100 valence electrons. The Morgan fingerprint density at radius 2 is 1.94 bits per heavy atom. The number of ether oxygens (including phenoxy) is 1. The maximum absolute atomic E-state index is 5.76. The van der Waals surface area contributed by atoms with Crippen molar-refractivity contribution >= 4 is 0 Å². The van der Waals surface area contributed by atoms with Crippen LogP contribution in [0.1, 0.15) is 43.4 Å². The highest BCUT2D eigenvalue weighted by Crippen LogP contribution is 2.39. The van der Waals surface area contributed by atoms with Gasteiger partial charge < -0.3 is 10.1 Å². The Morgan fingerprint density at radius 3 is 2.44 bits per heavy atom. The van der Waals surface area contributed by atoms with Crippen LogP contribution in [0.25, 0.3) is 0 Å². The second-order valence-electron chi connectivity index (χ2n) is 5.38. The van der Waals surface area contributed by atoms with Crippen molar-refractivity contribution in [2.75, 3.05) is 13.7 Å². The second-order valence-corrected chi connectivity index (χ2v) is 5.38. The molecule has 0 amide bonds. The molecule has 0 heterocycles. The lowest BCUT2D eigenvalue weighted by atomic mass is 9.97. The molecule has 2 rings (SSSR count). The number of methoxy groups -OCH3 is 1. The molecule has 0 aliphatic heterocycles. The van der Waals surface area contributed by atoms with Crippen LogP contribution in [0.4, 0.5) is 0 Å². The summed E-state index contributed by atoms with van der Waals surface area (Å²) in [5.41, 5.74) is 2.67. The van der Waals surface area contributed by atoms with Crippen LogP contribution in [0.5, 0.6) is 0 Å². The fourth-order valence-electron chi connectivity index (χ4n) is 2.52. The van der Waals surface area contributed by atoms with E-state index in [0.29, 0.717) is 12.1 Å². The molecule has 2 unspecified atom stereocenters. The molecular formula is C16H25NO. The molecule has 2 heteroatoms. The Kier molecular flexibility index (Phi) is 4.79. The van der Waals surface area contributed by atoms with E-state index in [-0.39, 0.29) is 0 Å². The lowest BCUT2D eigenvalue weighted by molar-refractivity contribution is 0.0507. The maximum Gasteiger partial charge on any atom is 0.0794 e. The van der Waals surface area contributed by atoms with E-state index in [1.54, 1.807) is 0 Å².